The average molecular weight is 488 g/mol. The molecule has 0 spiro atoms. The van der Waals surface area contributed by atoms with Crippen molar-refractivity contribution in [1.82, 2.24) is 5.32 Å². The number of halogens is 2. The molecule has 2 aromatic carbocycles. The van der Waals surface area contributed by atoms with Gasteiger partial charge in [0.25, 0.3) is 5.91 Å². The van der Waals surface area contributed by atoms with Gasteiger partial charge in [-0.1, -0.05) is 32.6 Å². The molecule has 0 unspecified atom stereocenters. The number of carbonyl (C=O) groups excluding carboxylic acids is 1. The Hall–Kier alpha value is -2.73. The lowest BCUT2D eigenvalue weighted by Gasteiger charge is -2.36. The number of carbonyl (C=O) groups is 1. The highest BCUT2D eigenvalue weighted by molar-refractivity contribution is 6.74. The molecule has 0 heterocycles. The first kappa shape index (κ1) is 25.9. The molecule has 0 radical (unpaired) electrons. The summed E-state index contributed by atoms with van der Waals surface area (Å²) in [6, 6.07) is 5.83. The first-order chi connectivity index (χ1) is 15.7. The number of phenols is 1. The summed E-state index contributed by atoms with van der Waals surface area (Å²) in [5.74, 6) is 2.95. The minimum absolute atomic E-state index is 0.0308. The smallest absolute Gasteiger partial charge is 0.255 e. The van der Waals surface area contributed by atoms with Gasteiger partial charge in [-0.3, -0.25) is 4.79 Å². The van der Waals surface area contributed by atoms with Crippen molar-refractivity contribution in [2.75, 3.05) is 13.2 Å². The number of nitrogens with one attached hydrogen (secondary N) is 1. The van der Waals surface area contributed by atoms with Crippen molar-refractivity contribution in [3.8, 4) is 28.7 Å². The zero-order valence-corrected chi connectivity index (χ0v) is 21.2. The fourth-order valence-electron chi connectivity index (χ4n) is 3.00. The van der Waals surface area contributed by atoms with E-state index in [1.165, 1.54) is 12.1 Å². The van der Waals surface area contributed by atoms with Gasteiger partial charge in [-0.05, 0) is 66.4 Å². The van der Waals surface area contributed by atoms with Crippen LogP contribution >= 0.6 is 0 Å². The molecule has 0 saturated heterocycles. The summed E-state index contributed by atoms with van der Waals surface area (Å²) in [4.78, 5) is 12.9. The lowest BCUT2D eigenvalue weighted by Crippen LogP contribution is -2.42. The van der Waals surface area contributed by atoms with Crippen LogP contribution in [0.1, 0.15) is 49.5 Å². The Morgan fingerprint density at radius 2 is 1.71 bits per heavy atom. The Bertz CT molecular complexity index is 1140. The van der Waals surface area contributed by atoms with Gasteiger partial charge in [0.2, 0.25) is 0 Å². The maximum Gasteiger partial charge on any atom is 0.255 e. The minimum Gasteiger partial charge on any atom is -0.506 e. The van der Waals surface area contributed by atoms with E-state index in [9.17, 15) is 23.8 Å². The van der Waals surface area contributed by atoms with Gasteiger partial charge in [0.1, 0.15) is 23.0 Å². The summed E-state index contributed by atoms with van der Waals surface area (Å²) >= 11 is 0. The second-order valence-corrected chi connectivity index (χ2v) is 15.0. The molecule has 2 aromatic rings. The van der Waals surface area contributed by atoms with E-state index in [1.807, 2.05) is 0 Å². The highest BCUT2D eigenvalue weighted by Crippen LogP contribution is 2.37. The molecule has 1 saturated carbocycles. The predicted molar refractivity (Wildman–Crippen MR) is 130 cm³/mol. The molecule has 1 aliphatic rings. The van der Waals surface area contributed by atoms with Crippen molar-refractivity contribution in [3.05, 3.63) is 53.1 Å². The van der Waals surface area contributed by atoms with E-state index in [1.54, 1.807) is 0 Å². The van der Waals surface area contributed by atoms with E-state index >= 15 is 0 Å². The standard InChI is InChI=1S/C26H31F2NO4Si/c1-25(2,3)34(4,5)33-11-10-29-24(31)22-15-18(19-13-20(27)16-21(28)14-19)12-17(23(22)30)6-7-26(32)8-9-26/h12-16,30,32H,8-11H2,1-5H3,(H,29,31). The van der Waals surface area contributed by atoms with Crippen molar-refractivity contribution in [1.29, 1.82) is 0 Å². The second-order valence-electron chi connectivity index (χ2n) is 10.2. The van der Waals surface area contributed by atoms with Gasteiger partial charge in [0.05, 0.1) is 17.7 Å². The Labute approximate surface area is 200 Å². The lowest BCUT2D eigenvalue weighted by atomic mass is 9.97. The summed E-state index contributed by atoms with van der Waals surface area (Å²) in [6.07, 6.45) is 1.05. The monoisotopic (exact) mass is 487 g/mol. The number of amides is 1. The van der Waals surface area contributed by atoms with Crippen molar-refractivity contribution in [2.24, 2.45) is 0 Å². The molecule has 0 atom stereocenters. The number of hydrogen-bond donors (Lipinski definition) is 3. The Morgan fingerprint density at radius 3 is 2.26 bits per heavy atom. The molecular weight excluding hydrogens is 456 g/mol. The zero-order chi connectivity index (χ0) is 25.3. The van der Waals surface area contributed by atoms with Crippen LogP contribution in [0.3, 0.4) is 0 Å². The highest BCUT2D eigenvalue weighted by Gasteiger charge is 2.38. The molecule has 3 N–H and O–H groups in total. The molecule has 182 valence electrons. The molecule has 1 amide bonds. The van der Waals surface area contributed by atoms with Gasteiger partial charge in [-0.15, -0.1) is 0 Å². The van der Waals surface area contributed by atoms with Crippen LogP contribution in [0.15, 0.2) is 30.3 Å². The maximum atomic E-state index is 13.8. The first-order valence-corrected chi connectivity index (χ1v) is 14.1. The van der Waals surface area contributed by atoms with Crippen molar-refractivity contribution < 1.29 is 28.2 Å². The third kappa shape index (κ3) is 6.23. The average Bonchev–Trinajstić information content (AvgIpc) is 3.46. The van der Waals surface area contributed by atoms with Crippen LogP contribution in [0.2, 0.25) is 18.1 Å². The molecule has 0 aliphatic heterocycles. The van der Waals surface area contributed by atoms with E-state index in [0.717, 1.165) is 18.2 Å². The quantitative estimate of drug-likeness (QED) is 0.306. The predicted octanol–water partition coefficient (Wildman–Crippen LogP) is 4.97. The van der Waals surface area contributed by atoms with Crippen molar-refractivity contribution in [2.45, 2.75) is 57.3 Å². The number of phenolic OH excluding ortho intramolecular Hbond substituents is 1. The number of hydrogen-bond acceptors (Lipinski definition) is 4. The summed E-state index contributed by atoms with van der Waals surface area (Å²) in [5, 5.41) is 23.5. The van der Waals surface area contributed by atoms with Crippen molar-refractivity contribution >= 4 is 14.2 Å². The molecule has 34 heavy (non-hydrogen) atoms. The second kappa shape index (κ2) is 9.49. The topological polar surface area (TPSA) is 78.8 Å². The fraction of sp³-hybridized carbons (Fsp3) is 0.423. The molecule has 3 rings (SSSR count). The van der Waals surface area contributed by atoms with E-state index in [0.29, 0.717) is 25.0 Å². The van der Waals surface area contributed by atoms with Gasteiger partial charge in [0, 0.05) is 12.6 Å². The Morgan fingerprint density at radius 1 is 1.12 bits per heavy atom. The van der Waals surface area contributed by atoms with Crippen LogP contribution in [0.5, 0.6) is 5.75 Å². The van der Waals surface area contributed by atoms with Crippen LogP contribution in [0.4, 0.5) is 8.78 Å². The molecule has 8 heteroatoms. The summed E-state index contributed by atoms with van der Waals surface area (Å²) in [7, 11) is -1.98. The number of rotatable bonds is 6. The van der Waals surface area contributed by atoms with Crippen LogP contribution in [-0.2, 0) is 4.43 Å². The lowest BCUT2D eigenvalue weighted by molar-refractivity contribution is 0.0943. The van der Waals surface area contributed by atoms with E-state index in [-0.39, 0.29) is 34.0 Å². The van der Waals surface area contributed by atoms with Gasteiger partial charge in [0.15, 0.2) is 8.32 Å². The normalized spacial score (nSPS) is 14.8. The molecule has 1 aliphatic carbocycles. The summed E-state index contributed by atoms with van der Waals surface area (Å²) < 4.78 is 33.7. The molecule has 0 aromatic heterocycles. The Kier molecular flexibility index (Phi) is 7.22. The van der Waals surface area contributed by atoms with Crippen LogP contribution in [0.25, 0.3) is 11.1 Å². The van der Waals surface area contributed by atoms with Gasteiger partial charge < -0.3 is 20.0 Å². The number of aliphatic hydroxyl groups is 1. The number of benzene rings is 2. The first-order valence-electron chi connectivity index (χ1n) is 11.2. The molecule has 1 fully saturated rings. The van der Waals surface area contributed by atoms with E-state index in [2.05, 4.69) is 51.0 Å². The van der Waals surface area contributed by atoms with Crippen LogP contribution in [-0.4, -0.2) is 43.2 Å². The fourth-order valence-corrected chi connectivity index (χ4v) is 4.04. The van der Waals surface area contributed by atoms with Crippen LogP contribution in [0, 0.1) is 23.5 Å². The summed E-state index contributed by atoms with van der Waals surface area (Å²) in [5.41, 5.74) is -0.588. The summed E-state index contributed by atoms with van der Waals surface area (Å²) in [6.45, 7) is 11.1. The minimum atomic E-state index is -1.98. The van der Waals surface area contributed by atoms with E-state index in [4.69, 9.17) is 4.43 Å². The third-order valence-corrected chi connectivity index (χ3v) is 10.9. The van der Waals surface area contributed by atoms with Crippen molar-refractivity contribution in [3.63, 3.8) is 0 Å². The molecule has 0 bridgehead atoms. The third-order valence-electron chi connectivity index (χ3n) is 6.36. The molecular formula is C26H31F2NO4Si. The number of aromatic hydroxyl groups is 1. The van der Waals surface area contributed by atoms with Gasteiger partial charge >= 0.3 is 0 Å². The molecule has 5 nitrogen and oxygen atoms in total. The van der Waals surface area contributed by atoms with E-state index < -0.39 is 31.5 Å². The van der Waals surface area contributed by atoms with Gasteiger partial charge in [-0.2, -0.15) is 0 Å². The van der Waals surface area contributed by atoms with Gasteiger partial charge in [-0.25, -0.2) is 8.78 Å². The Balaban J connectivity index is 1.87. The highest BCUT2D eigenvalue weighted by atomic mass is 28.4. The zero-order valence-electron chi connectivity index (χ0n) is 20.2. The maximum absolute atomic E-state index is 13.8. The largest absolute Gasteiger partial charge is 0.506 e. The SMILES string of the molecule is CC(C)(C)[Si](C)(C)OCCNC(=O)c1cc(-c2cc(F)cc(F)c2)cc(C#CC2(O)CC2)c1O. The van der Waals surface area contributed by atoms with Crippen LogP contribution < -0.4 is 5.32 Å².